The van der Waals surface area contributed by atoms with Gasteiger partial charge in [-0.25, -0.2) is 4.79 Å². The van der Waals surface area contributed by atoms with Crippen LogP contribution >= 0.6 is 0 Å². The average molecular weight is 332 g/mol. The number of carboxylic acids is 1. The van der Waals surface area contributed by atoms with Crippen molar-refractivity contribution in [1.29, 1.82) is 0 Å². The van der Waals surface area contributed by atoms with Crippen molar-refractivity contribution in [2.45, 2.75) is 44.7 Å². The van der Waals surface area contributed by atoms with Gasteiger partial charge in [-0.1, -0.05) is 36.4 Å². The number of benzene rings is 1. The molecule has 0 aliphatic heterocycles. The van der Waals surface area contributed by atoms with E-state index in [-0.39, 0.29) is 31.2 Å². The summed E-state index contributed by atoms with van der Waals surface area (Å²) in [5.74, 6) is -1.79. The summed E-state index contributed by atoms with van der Waals surface area (Å²) < 4.78 is 0. The molecule has 0 saturated heterocycles. The minimum absolute atomic E-state index is 0.0107. The van der Waals surface area contributed by atoms with Gasteiger partial charge in [0.2, 0.25) is 11.8 Å². The third-order valence-electron chi connectivity index (χ3n) is 3.55. The first-order chi connectivity index (χ1) is 11.4. The second-order valence-electron chi connectivity index (χ2n) is 5.52. The molecule has 24 heavy (non-hydrogen) atoms. The smallest absolute Gasteiger partial charge is 0.326 e. The SMILES string of the molecule is C=CCC[C@H](NC(=O)CCC(=O)N[C@H](C)c1ccccc1)C(=O)O. The molecule has 1 rings (SSSR count). The van der Waals surface area contributed by atoms with Crippen LogP contribution in [0.1, 0.15) is 44.2 Å². The highest BCUT2D eigenvalue weighted by molar-refractivity contribution is 5.87. The van der Waals surface area contributed by atoms with Crippen molar-refractivity contribution in [3.63, 3.8) is 0 Å². The summed E-state index contributed by atoms with van der Waals surface area (Å²) in [5, 5.41) is 14.3. The lowest BCUT2D eigenvalue weighted by Gasteiger charge is -2.15. The Kier molecular flexibility index (Phi) is 8.25. The summed E-state index contributed by atoms with van der Waals surface area (Å²) in [7, 11) is 0. The Morgan fingerprint density at radius 1 is 1.12 bits per heavy atom. The van der Waals surface area contributed by atoms with Crippen molar-refractivity contribution in [1.82, 2.24) is 10.6 Å². The number of carbonyl (C=O) groups excluding carboxylic acids is 2. The van der Waals surface area contributed by atoms with Crippen LogP contribution in [0, 0.1) is 0 Å². The van der Waals surface area contributed by atoms with Crippen LogP contribution in [0.5, 0.6) is 0 Å². The van der Waals surface area contributed by atoms with Crippen LogP contribution in [-0.2, 0) is 14.4 Å². The second kappa shape index (κ2) is 10.2. The van der Waals surface area contributed by atoms with Crippen molar-refractivity contribution < 1.29 is 19.5 Å². The van der Waals surface area contributed by atoms with E-state index >= 15 is 0 Å². The van der Waals surface area contributed by atoms with Crippen LogP contribution in [0.4, 0.5) is 0 Å². The van der Waals surface area contributed by atoms with Gasteiger partial charge in [0.25, 0.3) is 0 Å². The van der Waals surface area contributed by atoms with Gasteiger partial charge in [0.15, 0.2) is 0 Å². The molecule has 6 heteroatoms. The molecule has 0 spiro atoms. The van der Waals surface area contributed by atoms with E-state index in [1.807, 2.05) is 37.3 Å². The maximum absolute atomic E-state index is 11.9. The lowest BCUT2D eigenvalue weighted by molar-refractivity contribution is -0.142. The number of allylic oxidation sites excluding steroid dienone is 1. The van der Waals surface area contributed by atoms with E-state index in [9.17, 15) is 14.4 Å². The summed E-state index contributed by atoms with van der Waals surface area (Å²) >= 11 is 0. The molecular weight excluding hydrogens is 308 g/mol. The lowest BCUT2D eigenvalue weighted by atomic mass is 10.1. The van der Waals surface area contributed by atoms with Gasteiger partial charge in [0.1, 0.15) is 6.04 Å². The fourth-order valence-electron chi connectivity index (χ4n) is 2.17. The molecular formula is C18H24N2O4. The van der Waals surface area contributed by atoms with E-state index in [1.54, 1.807) is 6.08 Å². The Balaban J connectivity index is 2.38. The summed E-state index contributed by atoms with van der Waals surface area (Å²) in [6.07, 6.45) is 2.33. The second-order valence-corrected chi connectivity index (χ2v) is 5.52. The number of carboxylic acid groups (broad SMARTS) is 1. The minimum atomic E-state index is -1.09. The maximum Gasteiger partial charge on any atom is 0.326 e. The predicted molar refractivity (Wildman–Crippen MR) is 91.2 cm³/mol. The van der Waals surface area contributed by atoms with Crippen molar-refractivity contribution in [2.24, 2.45) is 0 Å². The highest BCUT2D eigenvalue weighted by Gasteiger charge is 2.19. The number of carbonyl (C=O) groups is 3. The largest absolute Gasteiger partial charge is 0.480 e. The average Bonchev–Trinajstić information content (AvgIpc) is 2.57. The van der Waals surface area contributed by atoms with Crippen molar-refractivity contribution in [2.75, 3.05) is 0 Å². The van der Waals surface area contributed by atoms with Gasteiger partial charge in [-0.2, -0.15) is 0 Å². The van der Waals surface area contributed by atoms with Crippen LogP contribution in [0.25, 0.3) is 0 Å². The quantitative estimate of drug-likeness (QED) is 0.572. The molecule has 6 nitrogen and oxygen atoms in total. The summed E-state index contributed by atoms with van der Waals surface area (Å²) in [4.78, 5) is 34.8. The van der Waals surface area contributed by atoms with E-state index < -0.39 is 17.9 Å². The van der Waals surface area contributed by atoms with Crippen molar-refractivity contribution >= 4 is 17.8 Å². The summed E-state index contributed by atoms with van der Waals surface area (Å²) in [5.41, 5.74) is 0.977. The molecule has 130 valence electrons. The molecule has 0 bridgehead atoms. The van der Waals surface area contributed by atoms with Crippen LogP contribution in [-0.4, -0.2) is 28.9 Å². The molecule has 3 N–H and O–H groups in total. The number of hydrogen-bond donors (Lipinski definition) is 3. The first-order valence-corrected chi connectivity index (χ1v) is 7.91. The van der Waals surface area contributed by atoms with Gasteiger partial charge >= 0.3 is 5.97 Å². The van der Waals surface area contributed by atoms with Crippen LogP contribution in [0.15, 0.2) is 43.0 Å². The number of hydrogen-bond acceptors (Lipinski definition) is 3. The molecule has 0 radical (unpaired) electrons. The fraction of sp³-hybridized carbons (Fsp3) is 0.389. The Hall–Kier alpha value is -2.63. The molecule has 0 aromatic heterocycles. The van der Waals surface area contributed by atoms with E-state index in [0.29, 0.717) is 6.42 Å². The van der Waals surface area contributed by atoms with Gasteiger partial charge < -0.3 is 15.7 Å². The van der Waals surface area contributed by atoms with Gasteiger partial charge in [0, 0.05) is 12.8 Å². The monoisotopic (exact) mass is 332 g/mol. The Bertz CT molecular complexity index is 572. The molecule has 2 amide bonds. The molecule has 0 unspecified atom stereocenters. The molecule has 1 aromatic carbocycles. The normalized spacial score (nSPS) is 12.7. The third kappa shape index (κ3) is 7.09. The van der Waals surface area contributed by atoms with E-state index in [1.165, 1.54) is 0 Å². The van der Waals surface area contributed by atoms with Gasteiger partial charge in [-0.3, -0.25) is 9.59 Å². The van der Waals surface area contributed by atoms with Crippen LogP contribution in [0.2, 0.25) is 0 Å². The number of aliphatic carboxylic acids is 1. The molecule has 0 heterocycles. The Morgan fingerprint density at radius 3 is 2.25 bits per heavy atom. The molecule has 2 atom stereocenters. The zero-order chi connectivity index (χ0) is 17.9. The van der Waals surface area contributed by atoms with Crippen LogP contribution < -0.4 is 10.6 Å². The van der Waals surface area contributed by atoms with E-state index in [4.69, 9.17) is 5.11 Å². The third-order valence-corrected chi connectivity index (χ3v) is 3.55. The van der Waals surface area contributed by atoms with Crippen molar-refractivity contribution in [3.8, 4) is 0 Å². The van der Waals surface area contributed by atoms with E-state index in [0.717, 1.165) is 5.56 Å². The minimum Gasteiger partial charge on any atom is -0.480 e. The molecule has 0 aliphatic carbocycles. The van der Waals surface area contributed by atoms with E-state index in [2.05, 4.69) is 17.2 Å². The maximum atomic E-state index is 11.9. The highest BCUT2D eigenvalue weighted by Crippen LogP contribution is 2.11. The lowest BCUT2D eigenvalue weighted by Crippen LogP contribution is -2.41. The first kappa shape index (κ1) is 19.4. The zero-order valence-electron chi connectivity index (χ0n) is 13.8. The summed E-state index contributed by atoms with van der Waals surface area (Å²) in [6, 6.07) is 8.39. The van der Waals surface area contributed by atoms with Crippen LogP contribution in [0.3, 0.4) is 0 Å². The number of amides is 2. The Morgan fingerprint density at radius 2 is 1.71 bits per heavy atom. The molecule has 0 aliphatic rings. The standard InChI is InChI=1S/C18H24N2O4/c1-3-4-10-15(18(23)24)20-17(22)12-11-16(21)19-13(2)14-8-6-5-7-9-14/h3,5-9,13,15H,1,4,10-12H2,2H3,(H,19,21)(H,20,22)(H,23,24)/t13-,15+/m1/s1. The van der Waals surface area contributed by atoms with Gasteiger partial charge in [-0.05, 0) is 25.3 Å². The molecule has 0 saturated carbocycles. The number of rotatable bonds is 10. The predicted octanol–water partition coefficient (Wildman–Crippen LogP) is 2.18. The van der Waals surface area contributed by atoms with Gasteiger partial charge in [-0.15, -0.1) is 6.58 Å². The number of nitrogens with one attached hydrogen (secondary N) is 2. The Labute approximate surface area is 141 Å². The van der Waals surface area contributed by atoms with Gasteiger partial charge in [0.05, 0.1) is 6.04 Å². The summed E-state index contributed by atoms with van der Waals surface area (Å²) in [6.45, 7) is 5.39. The molecule has 0 fully saturated rings. The zero-order valence-corrected chi connectivity index (χ0v) is 13.8. The fourth-order valence-corrected chi connectivity index (χ4v) is 2.17. The van der Waals surface area contributed by atoms with Crippen molar-refractivity contribution in [3.05, 3.63) is 48.6 Å². The first-order valence-electron chi connectivity index (χ1n) is 7.91. The molecule has 1 aromatic rings. The highest BCUT2D eigenvalue weighted by atomic mass is 16.4. The topological polar surface area (TPSA) is 95.5 Å².